The molecule has 11 nitrogen and oxygen atoms in total. The van der Waals surface area contributed by atoms with Crippen LogP contribution in [0.2, 0.25) is 0 Å². The molecule has 1 atom stereocenters. The van der Waals surface area contributed by atoms with E-state index >= 15 is 0 Å². The molecule has 0 aliphatic carbocycles. The number of hydrogen-bond acceptors (Lipinski definition) is 8. The van der Waals surface area contributed by atoms with E-state index in [4.69, 9.17) is 15.0 Å². The van der Waals surface area contributed by atoms with Gasteiger partial charge in [-0.05, 0) is 31.4 Å². The van der Waals surface area contributed by atoms with Gasteiger partial charge in [0.1, 0.15) is 5.75 Å². The number of benzene rings is 1. The quantitative estimate of drug-likeness (QED) is 0.0967. The van der Waals surface area contributed by atoms with Crippen LogP contribution in [-0.2, 0) is 29.3 Å². The van der Waals surface area contributed by atoms with Gasteiger partial charge in [-0.15, -0.1) is 0 Å². The predicted octanol–water partition coefficient (Wildman–Crippen LogP) is 1.12. The smallest absolute Gasteiger partial charge is 0.311 e. The van der Waals surface area contributed by atoms with E-state index in [1.165, 1.54) is 0 Å². The first-order valence-corrected chi connectivity index (χ1v) is 13.2. The molecule has 0 heterocycles. The molecule has 1 aromatic carbocycles. The van der Waals surface area contributed by atoms with Gasteiger partial charge in [0, 0.05) is 25.8 Å². The molecule has 0 radical (unpaired) electrons. The molecule has 1 rings (SSSR count). The molecule has 0 saturated heterocycles. The first-order valence-electron chi connectivity index (χ1n) is 11.6. The molecule has 0 aliphatic rings. The van der Waals surface area contributed by atoms with E-state index in [1.54, 1.807) is 24.3 Å². The van der Waals surface area contributed by atoms with E-state index in [0.717, 1.165) is 25.7 Å². The number of carbonyl (C=O) groups is 4. The third-order valence-corrected chi connectivity index (χ3v) is 5.71. The van der Waals surface area contributed by atoms with E-state index in [9.17, 15) is 27.6 Å². The van der Waals surface area contributed by atoms with Crippen LogP contribution >= 0.6 is 0 Å². The van der Waals surface area contributed by atoms with E-state index in [-0.39, 0.29) is 43.6 Å². The molecule has 1 unspecified atom stereocenters. The first-order chi connectivity index (χ1) is 16.6. The van der Waals surface area contributed by atoms with Gasteiger partial charge in [-0.25, -0.2) is 0 Å². The Morgan fingerprint density at radius 2 is 1.46 bits per heavy atom. The van der Waals surface area contributed by atoms with Crippen LogP contribution in [0, 0.1) is 0 Å². The number of Topliss-reactive ketones (excluding diaryl/α,β-unsaturated/α-hetero) is 1. The molecule has 0 saturated carbocycles. The van der Waals surface area contributed by atoms with Gasteiger partial charge in [-0.3, -0.25) is 23.7 Å². The SMILES string of the molecule is NC(CS(=O)(=O)O)C(=O)CNC(=O)CCCCCCCNC(=O)CCCC(=O)Oc1ccccc1. The first kappa shape index (κ1) is 30.2. The van der Waals surface area contributed by atoms with Crippen molar-refractivity contribution in [2.75, 3.05) is 18.8 Å². The summed E-state index contributed by atoms with van der Waals surface area (Å²) in [5, 5.41) is 5.20. The highest BCUT2D eigenvalue weighted by Gasteiger charge is 2.20. The largest absolute Gasteiger partial charge is 0.427 e. The lowest BCUT2D eigenvalue weighted by Crippen LogP contribution is -2.43. The van der Waals surface area contributed by atoms with Crippen LogP contribution in [0.3, 0.4) is 0 Å². The summed E-state index contributed by atoms with van der Waals surface area (Å²) in [5.74, 6) is -1.89. The number of nitrogens with one attached hydrogen (secondary N) is 2. The van der Waals surface area contributed by atoms with Crippen molar-refractivity contribution in [3.8, 4) is 5.75 Å². The van der Waals surface area contributed by atoms with Crippen LogP contribution < -0.4 is 21.1 Å². The van der Waals surface area contributed by atoms with Gasteiger partial charge in [0.05, 0.1) is 18.3 Å². The van der Waals surface area contributed by atoms with Crippen LogP contribution in [0.15, 0.2) is 30.3 Å². The lowest BCUT2D eigenvalue weighted by molar-refractivity contribution is -0.134. The van der Waals surface area contributed by atoms with Gasteiger partial charge in [0.15, 0.2) is 5.78 Å². The van der Waals surface area contributed by atoms with Gasteiger partial charge >= 0.3 is 5.97 Å². The Balaban J connectivity index is 1.97. The number of amides is 2. The number of unbranched alkanes of at least 4 members (excludes halogenated alkanes) is 4. The molecular weight excluding hydrogens is 478 g/mol. The van der Waals surface area contributed by atoms with Crippen molar-refractivity contribution in [1.29, 1.82) is 0 Å². The van der Waals surface area contributed by atoms with Crippen LogP contribution in [0.25, 0.3) is 0 Å². The maximum absolute atomic E-state index is 11.8. The van der Waals surface area contributed by atoms with Crippen molar-refractivity contribution in [2.45, 2.75) is 63.8 Å². The average molecular weight is 514 g/mol. The van der Waals surface area contributed by atoms with E-state index in [1.807, 2.05) is 6.07 Å². The van der Waals surface area contributed by atoms with Crippen molar-refractivity contribution in [3.05, 3.63) is 30.3 Å². The summed E-state index contributed by atoms with van der Waals surface area (Å²) in [5.41, 5.74) is 5.36. The van der Waals surface area contributed by atoms with Crippen LogP contribution in [-0.4, -0.2) is 61.4 Å². The summed E-state index contributed by atoms with van der Waals surface area (Å²) in [7, 11) is -4.36. The zero-order valence-electron chi connectivity index (χ0n) is 19.7. The third-order valence-electron chi connectivity index (χ3n) is 4.93. The fourth-order valence-corrected chi connectivity index (χ4v) is 3.69. The zero-order valence-corrected chi connectivity index (χ0v) is 20.6. The highest BCUT2D eigenvalue weighted by atomic mass is 32.2. The third kappa shape index (κ3) is 16.4. The molecular formula is C23H35N3O8S. The maximum Gasteiger partial charge on any atom is 0.311 e. The Labute approximate surface area is 205 Å². The fourth-order valence-electron chi connectivity index (χ4n) is 3.05. The Hall–Kier alpha value is -2.83. The minimum absolute atomic E-state index is 0.111. The van der Waals surface area contributed by atoms with Gasteiger partial charge in [0.2, 0.25) is 11.8 Å². The number of hydrogen-bond donors (Lipinski definition) is 4. The highest BCUT2D eigenvalue weighted by Crippen LogP contribution is 2.10. The molecule has 0 fully saturated rings. The van der Waals surface area contributed by atoms with Crippen molar-refractivity contribution < 1.29 is 36.9 Å². The monoisotopic (exact) mass is 513 g/mol. The van der Waals surface area contributed by atoms with Gasteiger partial charge in [-0.1, -0.05) is 37.5 Å². The Kier molecular flexibility index (Phi) is 14.4. The molecule has 0 aromatic heterocycles. The summed E-state index contributed by atoms with van der Waals surface area (Å²) in [6, 6.07) is 7.37. The molecule has 2 amide bonds. The summed E-state index contributed by atoms with van der Waals surface area (Å²) in [6.07, 6.45) is 5.06. The zero-order chi connectivity index (χ0) is 26.1. The normalized spacial score (nSPS) is 11.9. The predicted molar refractivity (Wildman–Crippen MR) is 129 cm³/mol. The topological polar surface area (TPSA) is 182 Å². The number of ketones is 1. The summed E-state index contributed by atoms with van der Waals surface area (Å²) in [6.45, 7) is 0.156. The van der Waals surface area contributed by atoms with Crippen molar-refractivity contribution in [1.82, 2.24) is 10.6 Å². The lowest BCUT2D eigenvalue weighted by atomic mass is 10.1. The van der Waals surface area contributed by atoms with Gasteiger partial charge in [0.25, 0.3) is 10.1 Å². The Morgan fingerprint density at radius 1 is 0.857 bits per heavy atom. The summed E-state index contributed by atoms with van der Waals surface area (Å²) < 4.78 is 35.2. The molecule has 0 bridgehead atoms. The average Bonchev–Trinajstić information content (AvgIpc) is 2.78. The summed E-state index contributed by atoms with van der Waals surface area (Å²) >= 11 is 0. The fraction of sp³-hybridized carbons (Fsp3) is 0.565. The number of nitrogens with two attached hydrogens (primary N) is 1. The molecule has 196 valence electrons. The molecule has 12 heteroatoms. The van der Waals surface area contributed by atoms with E-state index in [0.29, 0.717) is 25.1 Å². The number of para-hydroxylation sites is 1. The number of carbonyl (C=O) groups excluding carboxylic acids is 4. The van der Waals surface area contributed by atoms with E-state index < -0.39 is 27.7 Å². The Bertz CT molecular complexity index is 922. The highest BCUT2D eigenvalue weighted by molar-refractivity contribution is 7.85. The van der Waals surface area contributed by atoms with Gasteiger partial charge in [-0.2, -0.15) is 8.42 Å². The summed E-state index contributed by atoms with van der Waals surface area (Å²) in [4.78, 5) is 46.9. The van der Waals surface area contributed by atoms with Gasteiger partial charge < -0.3 is 21.1 Å². The molecule has 0 aliphatic heterocycles. The number of ether oxygens (including phenoxy) is 1. The molecule has 0 spiro atoms. The van der Waals surface area contributed by atoms with Crippen LogP contribution in [0.1, 0.15) is 57.8 Å². The molecule has 35 heavy (non-hydrogen) atoms. The molecule has 1 aromatic rings. The lowest BCUT2D eigenvalue weighted by Gasteiger charge is -2.09. The van der Waals surface area contributed by atoms with Crippen LogP contribution in [0.5, 0.6) is 5.75 Å². The number of rotatable bonds is 18. The standard InChI is InChI=1S/C23H35N3O8S/c24-19(17-35(31,32)33)20(27)16-26-22(29)12-7-2-1-3-8-15-25-21(28)13-9-14-23(30)34-18-10-5-4-6-11-18/h4-6,10-11,19H,1-3,7-9,12-17,24H2,(H,25,28)(H,26,29)(H,31,32,33). The maximum atomic E-state index is 11.8. The minimum Gasteiger partial charge on any atom is -0.427 e. The number of esters is 1. The second-order valence-corrected chi connectivity index (χ2v) is 9.60. The Morgan fingerprint density at radius 3 is 2.14 bits per heavy atom. The van der Waals surface area contributed by atoms with Crippen molar-refractivity contribution in [3.63, 3.8) is 0 Å². The van der Waals surface area contributed by atoms with Crippen LogP contribution in [0.4, 0.5) is 0 Å². The second kappa shape index (κ2) is 16.7. The minimum atomic E-state index is -4.36. The molecule has 5 N–H and O–H groups in total. The van der Waals surface area contributed by atoms with Crippen molar-refractivity contribution in [2.24, 2.45) is 5.73 Å². The second-order valence-electron chi connectivity index (χ2n) is 8.11. The van der Waals surface area contributed by atoms with Crippen molar-refractivity contribution >= 4 is 33.7 Å². The van der Waals surface area contributed by atoms with E-state index in [2.05, 4.69) is 10.6 Å².